The smallest absolute Gasteiger partial charge is 0.315 e. The van der Waals surface area contributed by atoms with Gasteiger partial charge in [-0.25, -0.2) is 4.79 Å². The lowest BCUT2D eigenvalue weighted by Gasteiger charge is -2.17. The molecule has 1 rings (SSSR count). The van der Waals surface area contributed by atoms with Crippen molar-refractivity contribution in [2.75, 3.05) is 6.54 Å². The molecule has 7 nitrogen and oxygen atoms in total. The SMILES string of the molecule is Cc1nn(C)c(C)c1CNC(=O)NCC(C(=O)O)C(C)C. The summed E-state index contributed by atoms with van der Waals surface area (Å²) in [6, 6.07) is -0.371. The van der Waals surface area contributed by atoms with Gasteiger partial charge in [0.25, 0.3) is 0 Å². The van der Waals surface area contributed by atoms with Crippen LogP contribution < -0.4 is 10.6 Å². The lowest BCUT2D eigenvalue weighted by molar-refractivity contribution is -0.142. The third kappa shape index (κ3) is 4.47. The second-order valence-corrected chi connectivity index (χ2v) is 5.53. The van der Waals surface area contributed by atoms with Crippen molar-refractivity contribution in [1.82, 2.24) is 20.4 Å². The molecule has 2 amide bonds. The average molecular weight is 296 g/mol. The number of carboxylic acid groups (broad SMARTS) is 1. The third-order valence-corrected chi connectivity index (χ3v) is 3.69. The van der Waals surface area contributed by atoms with Crippen LogP contribution in [0.15, 0.2) is 0 Å². The standard InChI is InChI=1S/C14H24N4O3/c1-8(2)11(13(19)20)6-15-14(21)16-7-12-9(3)17-18(5)10(12)4/h8,11H,6-7H2,1-5H3,(H,19,20)(H2,15,16,21). The minimum absolute atomic E-state index is 0.0365. The maximum atomic E-state index is 11.8. The van der Waals surface area contributed by atoms with Gasteiger partial charge in [0.05, 0.1) is 11.6 Å². The van der Waals surface area contributed by atoms with Gasteiger partial charge >= 0.3 is 12.0 Å². The van der Waals surface area contributed by atoms with E-state index in [1.54, 1.807) is 4.68 Å². The first-order chi connectivity index (χ1) is 9.73. The first kappa shape index (κ1) is 17.0. The Morgan fingerprint density at radius 3 is 2.33 bits per heavy atom. The summed E-state index contributed by atoms with van der Waals surface area (Å²) in [6.45, 7) is 7.96. The molecule has 3 N–H and O–H groups in total. The van der Waals surface area contributed by atoms with Gasteiger partial charge in [-0.1, -0.05) is 13.8 Å². The van der Waals surface area contributed by atoms with E-state index < -0.39 is 11.9 Å². The predicted octanol–water partition coefficient (Wildman–Crippen LogP) is 1.19. The lowest BCUT2D eigenvalue weighted by atomic mass is 9.96. The van der Waals surface area contributed by atoms with Gasteiger partial charge in [-0.05, 0) is 19.8 Å². The van der Waals surface area contributed by atoms with E-state index in [0.29, 0.717) is 6.54 Å². The quantitative estimate of drug-likeness (QED) is 0.734. The summed E-state index contributed by atoms with van der Waals surface area (Å²) in [7, 11) is 1.85. The van der Waals surface area contributed by atoms with E-state index in [1.165, 1.54) is 0 Å². The van der Waals surface area contributed by atoms with Crippen molar-refractivity contribution in [2.45, 2.75) is 34.2 Å². The molecule has 0 aliphatic carbocycles. The molecule has 0 spiro atoms. The van der Waals surface area contributed by atoms with Crippen LogP contribution in [0.1, 0.15) is 30.8 Å². The van der Waals surface area contributed by atoms with Crippen LogP contribution in [0.2, 0.25) is 0 Å². The van der Waals surface area contributed by atoms with Gasteiger partial charge in [-0.2, -0.15) is 5.10 Å². The minimum Gasteiger partial charge on any atom is -0.481 e. The molecule has 0 radical (unpaired) electrons. The van der Waals surface area contributed by atoms with Crippen molar-refractivity contribution in [3.8, 4) is 0 Å². The number of carboxylic acids is 1. The maximum Gasteiger partial charge on any atom is 0.315 e. The molecule has 0 saturated carbocycles. The third-order valence-electron chi connectivity index (χ3n) is 3.69. The fourth-order valence-electron chi connectivity index (χ4n) is 2.12. The van der Waals surface area contributed by atoms with Crippen LogP contribution in [-0.2, 0) is 18.4 Å². The zero-order chi connectivity index (χ0) is 16.2. The number of hydrogen-bond donors (Lipinski definition) is 3. The minimum atomic E-state index is -0.899. The molecular weight excluding hydrogens is 272 g/mol. The molecule has 1 aromatic heterocycles. The average Bonchev–Trinajstić information content (AvgIpc) is 2.60. The Morgan fingerprint density at radius 2 is 1.90 bits per heavy atom. The van der Waals surface area contributed by atoms with Crippen LogP contribution in [-0.4, -0.2) is 33.4 Å². The predicted molar refractivity (Wildman–Crippen MR) is 78.9 cm³/mol. The number of urea groups is 1. The summed E-state index contributed by atoms with van der Waals surface area (Å²) in [5, 5.41) is 18.7. The number of rotatable bonds is 6. The maximum absolute atomic E-state index is 11.8. The number of carbonyl (C=O) groups excluding carboxylic acids is 1. The van der Waals surface area contributed by atoms with Crippen molar-refractivity contribution >= 4 is 12.0 Å². The normalized spacial score (nSPS) is 12.3. The molecule has 0 aromatic carbocycles. The van der Waals surface area contributed by atoms with Gasteiger partial charge < -0.3 is 15.7 Å². The van der Waals surface area contributed by atoms with Gasteiger partial charge in [0.1, 0.15) is 0 Å². The molecule has 1 heterocycles. The number of nitrogens with zero attached hydrogens (tertiary/aromatic N) is 2. The highest BCUT2D eigenvalue weighted by Crippen LogP contribution is 2.11. The van der Waals surface area contributed by atoms with Crippen LogP contribution >= 0.6 is 0 Å². The highest BCUT2D eigenvalue weighted by atomic mass is 16.4. The number of carbonyl (C=O) groups is 2. The van der Waals surface area contributed by atoms with Crippen molar-refractivity contribution in [3.05, 3.63) is 17.0 Å². The van der Waals surface area contributed by atoms with Gasteiger partial charge in [0.15, 0.2) is 0 Å². The van der Waals surface area contributed by atoms with E-state index in [-0.39, 0.29) is 18.5 Å². The largest absolute Gasteiger partial charge is 0.481 e. The topological polar surface area (TPSA) is 96.3 Å². The van der Waals surface area contributed by atoms with Crippen LogP contribution in [0.4, 0.5) is 4.79 Å². The zero-order valence-corrected chi connectivity index (χ0v) is 13.2. The lowest BCUT2D eigenvalue weighted by Crippen LogP contribution is -2.41. The summed E-state index contributed by atoms with van der Waals surface area (Å²) in [5.74, 6) is -1.52. The number of nitrogens with one attached hydrogen (secondary N) is 2. The monoisotopic (exact) mass is 296 g/mol. The Morgan fingerprint density at radius 1 is 1.29 bits per heavy atom. The van der Waals surface area contributed by atoms with E-state index in [9.17, 15) is 9.59 Å². The second-order valence-electron chi connectivity index (χ2n) is 5.53. The fraction of sp³-hybridized carbons (Fsp3) is 0.643. The molecule has 0 saturated heterocycles. The van der Waals surface area contributed by atoms with E-state index in [4.69, 9.17) is 5.11 Å². The van der Waals surface area contributed by atoms with Gasteiger partial charge in [0, 0.05) is 31.4 Å². The molecule has 0 aliphatic rings. The Labute approximate surface area is 124 Å². The van der Waals surface area contributed by atoms with Crippen molar-refractivity contribution in [2.24, 2.45) is 18.9 Å². The van der Waals surface area contributed by atoms with Crippen LogP contribution in [0.3, 0.4) is 0 Å². The van der Waals surface area contributed by atoms with E-state index >= 15 is 0 Å². The number of hydrogen-bond acceptors (Lipinski definition) is 3. The highest BCUT2D eigenvalue weighted by Gasteiger charge is 2.22. The van der Waals surface area contributed by atoms with Crippen LogP contribution in [0.25, 0.3) is 0 Å². The van der Waals surface area contributed by atoms with Gasteiger partial charge in [-0.3, -0.25) is 9.48 Å². The number of aliphatic carboxylic acids is 1. The molecule has 0 aliphatic heterocycles. The highest BCUT2D eigenvalue weighted by molar-refractivity contribution is 5.76. The van der Waals surface area contributed by atoms with Gasteiger partial charge in [0.2, 0.25) is 0 Å². The summed E-state index contributed by atoms with van der Waals surface area (Å²) in [6.07, 6.45) is 0. The van der Waals surface area contributed by atoms with Crippen molar-refractivity contribution < 1.29 is 14.7 Å². The number of aromatic nitrogens is 2. The summed E-state index contributed by atoms with van der Waals surface area (Å²) >= 11 is 0. The molecule has 1 atom stereocenters. The Hall–Kier alpha value is -2.05. The molecule has 1 unspecified atom stereocenters. The second kappa shape index (κ2) is 7.10. The first-order valence-corrected chi connectivity index (χ1v) is 6.97. The molecule has 0 fully saturated rings. The molecule has 0 bridgehead atoms. The first-order valence-electron chi connectivity index (χ1n) is 6.97. The van der Waals surface area contributed by atoms with E-state index in [0.717, 1.165) is 17.0 Å². The molecule has 118 valence electrons. The fourth-order valence-corrected chi connectivity index (χ4v) is 2.12. The molecular formula is C14H24N4O3. The Kier molecular flexibility index (Phi) is 5.75. The Balaban J connectivity index is 2.49. The van der Waals surface area contributed by atoms with Crippen molar-refractivity contribution in [3.63, 3.8) is 0 Å². The summed E-state index contributed by atoms with van der Waals surface area (Å²) < 4.78 is 1.77. The molecule has 1 aromatic rings. The van der Waals surface area contributed by atoms with Gasteiger partial charge in [-0.15, -0.1) is 0 Å². The number of aryl methyl sites for hydroxylation is 2. The number of amides is 2. The van der Waals surface area contributed by atoms with Crippen LogP contribution in [0, 0.1) is 25.7 Å². The summed E-state index contributed by atoms with van der Waals surface area (Å²) in [5.41, 5.74) is 2.85. The summed E-state index contributed by atoms with van der Waals surface area (Å²) in [4.78, 5) is 22.8. The molecule has 7 heteroatoms. The van der Waals surface area contributed by atoms with Crippen LogP contribution in [0.5, 0.6) is 0 Å². The van der Waals surface area contributed by atoms with E-state index in [2.05, 4.69) is 15.7 Å². The molecule has 21 heavy (non-hydrogen) atoms. The van der Waals surface area contributed by atoms with Crippen molar-refractivity contribution in [1.29, 1.82) is 0 Å². The zero-order valence-electron chi connectivity index (χ0n) is 13.2. The van der Waals surface area contributed by atoms with E-state index in [1.807, 2.05) is 34.7 Å². The Bertz CT molecular complexity index is 523.